The summed E-state index contributed by atoms with van der Waals surface area (Å²) in [6, 6.07) is 13.0. The van der Waals surface area contributed by atoms with Gasteiger partial charge in [0, 0.05) is 22.8 Å². The minimum Gasteiger partial charge on any atom is -0.317 e. The van der Waals surface area contributed by atoms with E-state index in [9.17, 15) is 9.18 Å². The standard InChI is InChI=1S/C16H14ClFN2O/c17-11-5-7-12(8-6-11)19-16(21)20-10-9-15(20)13-3-1-2-4-14(13)18/h1-8,15H,9-10H2,(H,19,21)/t15-/m1/s1. The van der Waals surface area contributed by atoms with Crippen molar-refractivity contribution in [2.75, 3.05) is 11.9 Å². The Balaban J connectivity index is 1.71. The Morgan fingerprint density at radius 1 is 1.19 bits per heavy atom. The number of carbonyl (C=O) groups excluding carboxylic acids is 1. The van der Waals surface area contributed by atoms with E-state index in [1.165, 1.54) is 6.07 Å². The van der Waals surface area contributed by atoms with Gasteiger partial charge in [-0.3, -0.25) is 0 Å². The molecule has 0 unspecified atom stereocenters. The van der Waals surface area contributed by atoms with E-state index >= 15 is 0 Å². The minimum atomic E-state index is -0.272. The molecular formula is C16H14ClFN2O. The zero-order valence-corrected chi connectivity index (χ0v) is 12.0. The number of anilines is 1. The second-order valence-corrected chi connectivity index (χ2v) is 5.39. The lowest BCUT2D eigenvalue weighted by Gasteiger charge is -2.41. The van der Waals surface area contributed by atoms with Crippen LogP contribution in [0, 0.1) is 5.82 Å². The fourth-order valence-electron chi connectivity index (χ4n) is 2.43. The smallest absolute Gasteiger partial charge is 0.317 e. The van der Waals surface area contributed by atoms with Crippen LogP contribution in [-0.4, -0.2) is 17.5 Å². The molecule has 3 nitrogen and oxygen atoms in total. The number of urea groups is 1. The van der Waals surface area contributed by atoms with Crippen molar-refractivity contribution in [3.8, 4) is 0 Å². The Morgan fingerprint density at radius 2 is 1.90 bits per heavy atom. The van der Waals surface area contributed by atoms with Crippen LogP contribution < -0.4 is 5.32 Å². The third kappa shape index (κ3) is 2.85. The summed E-state index contributed by atoms with van der Waals surface area (Å²) in [6.07, 6.45) is 0.773. The topological polar surface area (TPSA) is 32.3 Å². The van der Waals surface area contributed by atoms with Gasteiger partial charge in [0.2, 0.25) is 0 Å². The molecule has 0 radical (unpaired) electrons. The fraction of sp³-hybridized carbons (Fsp3) is 0.188. The second-order valence-electron chi connectivity index (χ2n) is 4.96. The lowest BCUT2D eigenvalue weighted by molar-refractivity contribution is 0.124. The normalized spacial score (nSPS) is 17.2. The van der Waals surface area contributed by atoms with Crippen LogP contribution >= 0.6 is 11.6 Å². The summed E-state index contributed by atoms with van der Waals surface area (Å²) in [4.78, 5) is 13.9. The summed E-state index contributed by atoms with van der Waals surface area (Å²) >= 11 is 5.81. The number of rotatable bonds is 2. The number of nitrogens with zero attached hydrogens (tertiary/aromatic N) is 1. The van der Waals surface area contributed by atoms with Crippen molar-refractivity contribution in [2.24, 2.45) is 0 Å². The van der Waals surface area contributed by atoms with Crippen LogP contribution in [0.3, 0.4) is 0 Å². The summed E-state index contributed by atoms with van der Waals surface area (Å²) in [5.41, 5.74) is 1.23. The zero-order valence-electron chi connectivity index (χ0n) is 11.2. The summed E-state index contributed by atoms with van der Waals surface area (Å²) < 4.78 is 13.8. The Morgan fingerprint density at radius 3 is 2.52 bits per heavy atom. The number of hydrogen-bond acceptors (Lipinski definition) is 1. The molecule has 0 spiro atoms. The van der Waals surface area contributed by atoms with E-state index < -0.39 is 0 Å². The Bertz CT molecular complexity index is 660. The van der Waals surface area contributed by atoms with Gasteiger partial charge >= 0.3 is 6.03 Å². The van der Waals surface area contributed by atoms with E-state index in [-0.39, 0.29) is 17.9 Å². The molecule has 5 heteroatoms. The molecule has 2 amide bonds. The van der Waals surface area contributed by atoms with Gasteiger partial charge in [0.25, 0.3) is 0 Å². The van der Waals surface area contributed by atoms with E-state index in [1.54, 1.807) is 47.4 Å². The van der Waals surface area contributed by atoms with Crippen LogP contribution in [0.5, 0.6) is 0 Å². The van der Waals surface area contributed by atoms with Crippen LogP contribution in [0.25, 0.3) is 0 Å². The highest BCUT2D eigenvalue weighted by Crippen LogP contribution is 2.34. The number of benzene rings is 2. The van der Waals surface area contributed by atoms with Gasteiger partial charge in [0.05, 0.1) is 6.04 Å². The van der Waals surface area contributed by atoms with Gasteiger partial charge in [0.1, 0.15) is 5.82 Å². The van der Waals surface area contributed by atoms with Crippen molar-refractivity contribution in [3.05, 3.63) is 64.9 Å². The molecule has 2 aromatic carbocycles. The minimum absolute atomic E-state index is 0.196. The van der Waals surface area contributed by atoms with Crippen molar-refractivity contribution in [1.82, 2.24) is 4.90 Å². The molecule has 1 aliphatic heterocycles. The molecule has 3 rings (SSSR count). The summed E-state index contributed by atoms with van der Waals surface area (Å²) in [6.45, 7) is 0.623. The molecule has 0 bridgehead atoms. The van der Waals surface area contributed by atoms with E-state index in [0.717, 1.165) is 6.42 Å². The highest BCUT2D eigenvalue weighted by Gasteiger charge is 2.34. The maximum Gasteiger partial charge on any atom is 0.322 e. The van der Waals surface area contributed by atoms with Crippen LogP contribution in [0.4, 0.5) is 14.9 Å². The van der Waals surface area contributed by atoms with Crippen molar-refractivity contribution >= 4 is 23.3 Å². The number of nitrogens with one attached hydrogen (secondary N) is 1. The van der Waals surface area contributed by atoms with E-state index in [2.05, 4.69) is 5.32 Å². The lowest BCUT2D eigenvalue weighted by Crippen LogP contribution is -2.47. The van der Waals surface area contributed by atoms with Gasteiger partial charge in [-0.25, -0.2) is 9.18 Å². The van der Waals surface area contributed by atoms with Crippen LogP contribution in [0.1, 0.15) is 18.0 Å². The molecule has 1 atom stereocenters. The number of halogens is 2. The average Bonchev–Trinajstić information content (AvgIpc) is 2.42. The van der Waals surface area contributed by atoms with Gasteiger partial charge in [0.15, 0.2) is 0 Å². The maximum atomic E-state index is 13.8. The number of hydrogen-bond donors (Lipinski definition) is 1. The van der Waals surface area contributed by atoms with Gasteiger partial charge in [-0.05, 0) is 36.8 Å². The monoisotopic (exact) mass is 304 g/mol. The second kappa shape index (κ2) is 5.74. The highest BCUT2D eigenvalue weighted by atomic mass is 35.5. The molecule has 108 valence electrons. The van der Waals surface area contributed by atoms with Crippen molar-refractivity contribution in [1.29, 1.82) is 0 Å². The molecule has 0 aromatic heterocycles. The summed E-state index contributed by atoms with van der Waals surface area (Å²) in [5.74, 6) is -0.272. The molecule has 1 N–H and O–H groups in total. The fourth-order valence-corrected chi connectivity index (χ4v) is 2.55. The third-order valence-corrected chi connectivity index (χ3v) is 3.89. The first-order valence-electron chi connectivity index (χ1n) is 6.73. The molecule has 21 heavy (non-hydrogen) atoms. The molecule has 0 saturated carbocycles. The van der Waals surface area contributed by atoms with E-state index in [4.69, 9.17) is 11.6 Å². The average molecular weight is 305 g/mol. The Kier molecular flexibility index (Phi) is 3.80. The Hall–Kier alpha value is -2.07. The zero-order chi connectivity index (χ0) is 14.8. The molecule has 1 aliphatic rings. The quantitative estimate of drug-likeness (QED) is 0.873. The van der Waals surface area contributed by atoms with Crippen LogP contribution in [0.15, 0.2) is 48.5 Å². The number of amides is 2. The van der Waals surface area contributed by atoms with Crippen LogP contribution in [-0.2, 0) is 0 Å². The van der Waals surface area contributed by atoms with Crippen molar-refractivity contribution < 1.29 is 9.18 Å². The van der Waals surface area contributed by atoms with Gasteiger partial charge < -0.3 is 10.2 Å². The predicted molar refractivity (Wildman–Crippen MR) is 80.9 cm³/mol. The van der Waals surface area contributed by atoms with Crippen molar-refractivity contribution in [3.63, 3.8) is 0 Å². The van der Waals surface area contributed by atoms with Gasteiger partial charge in [-0.15, -0.1) is 0 Å². The number of likely N-dealkylation sites (tertiary alicyclic amines) is 1. The molecular weight excluding hydrogens is 291 g/mol. The van der Waals surface area contributed by atoms with Crippen molar-refractivity contribution in [2.45, 2.75) is 12.5 Å². The first-order valence-corrected chi connectivity index (χ1v) is 7.10. The molecule has 2 aromatic rings. The molecule has 1 saturated heterocycles. The first kappa shape index (κ1) is 13.9. The molecule has 1 fully saturated rings. The van der Waals surface area contributed by atoms with Gasteiger partial charge in [-0.1, -0.05) is 29.8 Å². The first-order chi connectivity index (χ1) is 10.1. The maximum absolute atomic E-state index is 13.8. The largest absolute Gasteiger partial charge is 0.322 e. The van der Waals surface area contributed by atoms with E-state index in [0.29, 0.717) is 22.8 Å². The third-order valence-electron chi connectivity index (χ3n) is 3.64. The lowest BCUT2D eigenvalue weighted by atomic mass is 9.95. The molecule has 1 heterocycles. The SMILES string of the molecule is O=C(Nc1ccc(Cl)cc1)N1CC[C@@H]1c1ccccc1F. The highest BCUT2D eigenvalue weighted by molar-refractivity contribution is 6.30. The Labute approximate surface area is 127 Å². The van der Waals surface area contributed by atoms with Gasteiger partial charge in [-0.2, -0.15) is 0 Å². The molecule has 0 aliphatic carbocycles. The number of carbonyl (C=O) groups is 1. The predicted octanol–water partition coefficient (Wildman–Crippen LogP) is 4.46. The van der Waals surface area contributed by atoms with Crippen LogP contribution in [0.2, 0.25) is 5.02 Å². The van der Waals surface area contributed by atoms with E-state index in [1.807, 2.05) is 0 Å². The summed E-state index contributed by atoms with van der Waals surface area (Å²) in [7, 11) is 0. The summed E-state index contributed by atoms with van der Waals surface area (Å²) in [5, 5.41) is 3.41.